The van der Waals surface area contributed by atoms with Gasteiger partial charge in [-0.1, -0.05) is 17.3 Å². The number of ether oxygens (including phenoxy) is 4. The Morgan fingerprint density at radius 2 is 1.85 bits per heavy atom. The van der Waals surface area contributed by atoms with Crippen LogP contribution in [0.25, 0.3) is 6.08 Å². The van der Waals surface area contributed by atoms with E-state index in [4.69, 9.17) is 23.5 Å². The zero-order valence-corrected chi connectivity index (χ0v) is 19.2. The van der Waals surface area contributed by atoms with Crippen molar-refractivity contribution in [3.8, 4) is 29.1 Å². The molecule has 0 radical (unpaired) electrons. The maximum absolute atomic E-state index is 12.4. The number of aromatic nitrogens is 1. The summed E-state index contributed by atoms with van der Waals surface area (Å²) in [6.07, 6.45) is 2.11. The van der Waals surface area contributed by atoms with Gasteiger partial charge in [0.2, 0.25) is 0 Å². The number of nitrogens with zero attached hydrogens (tertiary/aromatic N) is 2. The van der Waals surface area contributed by atoms with E-state index in [1.165, 1.54) is 13.2 Å². The zero-order chi connectivity index (χ0) is 24.3. The van der Waals surface area contributed by atoms with Gasteiger partial charge in [-0.25, -0.2) is 0 Å². The van der Waals surface area contributed by atoms with Crippen LogP contribution in [0, 0.1) is 18.3 Å². The van der Waals surface area contributed by atoms with E-state index in [9.17, 15) is 10.1 Å². The van der Waals surface area contributed by atoms with Crippen LogP contribution >= 0.6 is 0 Å². The van der Waals surface area contributed by atoms with Crippen molar-refractivity contribution in [1.29, 1.82) is 5.26 Å². The van der Waals surface area contributed by atoms with Crippen LogP contribution in [0.2, 0.25) is 0 Å². The number of anilines is 1. The molecule has 0 aliphatic rings. The third-order valence-corrected chi connectivity index (χ3v) is 4.59. The second-order valence-electron chi connectivity index (χ2n) is 7.09. The normalized spacial score (nSPS) is 10.8. The number of benzene rings is 2. The molecule has 1 amide bonds. The Labute approximate surface area is 197 Å². The summed E-state index contributed by atoms with van der Waals surface area (Å²) in [6, 6.07) is 16.0. The first-order valence-electron chi connectivity index (χ1n) is 10.5. The van der Waals surface area contributed by atoms with Gasteiger partial charge in [0.25, 0.3) is 5.91 Å². The summed E-state index contributed by atoms with van der Waals surface area (Å²) in [6.45, 7) is 2.59. The molecule has 3 rings (SSSR count). The molecular formula is C25H25N3O6. The molecule has 2 aromatic carbocycles. The molecule has 9 heteroatoms. The van der Waals surface area contributed by atoms with Gasteiger partial charge < -0.3 is 28.8 Å². The number of nitrogens with one attached hydrogen (secondary N) is 1. The number of methoxy groups -OCH3 is 2. The molecule has 0 unspecified atom stereocenters. The number of rotatable bonds is 11. The van der Waals surface area contributed by atoms with Crippen molar-refractivity contribution in [1.82, 2.24) is 5.16 Å². The minimum absolute atomic E-state index is 0.0916. The van der Waals surface area contributed by atoms with E-state index in [1.807, 2.05) is 30.3 Å². The molecule has 176 valence electrons. The fourth-order valence-corrected chi connectivity index (χ4v) is 2.94. The molecule has 0 fully saturated rings. The van der Waals surface area contributed by atoms with E-state index in [0.29, 0.717) is 42.5 Å². The highest BCUT2D eigenvalue weighted by molar-refractivity contribution is 6.09. The highest BCUT2D eigenvalue weighted by Crippen LogP contribution is 2.29. The SMILES string of the molecule is COc1cccc(OCCCOc2ccc(/C=C(/C#N)C(=O)Nc3cc(C)on3)cc2OC)c1. The third-order valence-electron chi connectivity index (χ3n) is 4.59. The number of carbonyl (C=O) groups excluding carboxylic acids is 1. The zero-order valence-electron chi connectivity index (χ0n) is 19.2. The van der Waals surface area contributed by atoms with E-state index >= 15 is 0 Å². The minimum atomic E-state index is -0.592. The lowest BCUT2D eigenvalue weighted by Gasteiger charge is -2.12. The van der Waals surface area contributed by atoms with Crippen molar-refractivity contribution in [2.75, 3.05) is 32.8 Å². The fourth-order valence-electron chi connectivity index (χ4n) is 2.94. The van der Waals surface area contributed by atoms with E-state index in [1.54, 1.807) is 38.3 Å². The first-order chi connectivity index (χ1) is 16.5. The van der Waals surface area contributed by atoms with Gasteiger partial charge in [-0.15, -0.1) is 0 Å². The van der Waals surface area contributed by atoms with Gasteiger partial charge in [0, 0.05) is 18.6 Å². The van der Waals surface area contributed by atoms with Gasteiger partial charge in [0.15, 0.2) is 17.3 Å². The lowest BCUT2D eigenvalue weighted by Crippen LogP contribution is -2.13. The second kappa shape index (κ2) is 12.0. The van der Waals surface area contributed by atoms with E-state index in [-0.39, 0.29) is 11.4 Å². The lowest BCUT2D eigenvalue weighted by atomic mass is 10.1. The highest BCUT2D eigenvalue weighted by Gasteiger charge is 2.13. The molecule has 1 N–H and O–H groups in total. The summed E-state index contributed by atoms with van der Waals surface area (Å²) >= 11 is 0. The molecule has 34 heavy (non-hydrogen) atoms. The maximum Gasteiger partial charge on any atom is 0.267 e. The maximum atomic E-state index is 12.4. The smallest absolute Gasteiger partial charge is 0.267 e. The topological polar surface area (TPSA) is 116 Å². The summed E-state index contributed by atoms with van der Waals surface area (Å²) in [7, 11) is 3.13. The molecule has 3 aromatic rings. The predicted molar refractivity (Wildman–Crippen MR) is 125 cm³/mol. The van der Waals surface area contributed by atoms with Crippen LogP contribution in [0.4, 0.5) is 5.82 Å². The van der Waals surface area contributed by atoms with Crippen LogP contribution < -0.4 is 24.3 Å². The number of amides is 1. The molecule has 0 atom stereocenters. The Bertz CT molecular complexity index is 1200. The van der Waals surface area contributed by atoms with Crippen LogP contribution in [0.3, 0.4) is 0 Å². The predicted octanol–water partition coefficient (Wildman–Crippen LogP) is 4.39. The first-order valence-corrected chi connectivity index (χ1v) is 10.5. The molecule has 0 saturated carbocycles. The molecular weight excluding hydrogens is 438 g/mol. The number of carbonyl (C=O) groups is 1. The first kappa shape index (κ1) is 24.2. The highest BCUT2D eigenvalue weighted by atomic mass is 16.5. The van der Waals surface area contributed by atoms with Gasteiger partial charge in [-0.05, 0) is 42.8 Å². The summed E-state index contributed by atoms with van der Waals surface area (Å²) in [5.74, 6) is 2.67. The molecule has 0 aliphatic heterocycles. The molecule has 0 saturated heterocycles. The van der Waals surface area contributed by atoms with Gasteiger partial charge in [-0.3, -0.25) is 4.79 Å². The summed E-state index contributed by atoms with van der Waals surface area (Å²) in [5, 5.41) is 15.6. The molecule has 0 aliphatic carbocycles. The van der Waals surface area contributed by atoms with E-state index < -0.39 is 5.91 Å². The number of aryl methyl sites for hydroxylation is 1. The fraction of sp³-hybridized carbons (Fsp3) is 0.240. The van der Waals surface area contributed by atoms with Crippen LogP contribution in [0.15, 0.2) is 58.6 Å². The van der Waals surface area contributed by atoms with Crippen molar-refractivity contribution in [3.05, 3.63) is 65.4 Å². The average Bonchev–Trinajstić information content (AvgIpc) is 3.27. The molecule has 0 bridgehead atoms. The molecule has 0 spiro atoms. The van der Waals surface area contributed by atoms with Crippen molar-refractivity contribution < 1.29 is 28.3 Å². The molecule has 9 nitrogen and oxygen atoms in total. The van der Waals surface area contributed by atoms with Gasteiger partial charge in [-0.2, -0.15) is 5.26 Å². The van der Waals surface area contributed by atoms with Crippen molar-refractivity contribution in [2.45, 2.75) is 13.3 Å². The van der Waals surface area contributed by atoms with E-state index in [2.05, 4.69) is 10.5 Å². The van der Waals surface area contributed by atoms with Crippen LogP contribution in [-0.4, -0.2) is 38.5 Å². The number of hydrogen-bond acceptors (Lipinski definition) is 8. The third kappa shape index (κ3) is 6.77. The lowest BCUT2D eigenvalue weighted by molar-refractivity contribution is -0.112. The Morgan fingerprint density at radius 3 is 2.56 bits per heavy atom. The molecule has 1 aromatic heterocycles. The van der Waals surface area contributed by atoms with Crippen molar-refractivity contribution in [2.24, 2.45) is 0 Å². The number of nitriles is 1. The second-order valence-corrected chi connectivity index (χ2v) is 7.09. The van der Waals surface area contributed by atoms with E-state index in [0.717, 1.165) is 11.5 Å². The summed E-state index contributed by atoms with van der Waals surface area (Å²) in [5.41, 5.74) is 0.514. The van der Waals surface area contributed by atoms with Crippen LogP contribution in [0.5, 0.6) is 23.0 Å². The largest absolute Gasteiger partial charge is 0.497 e. The standard InChI is InChI=1S/C25H25N3O6/c1-17-12-24(28-34-17)27-25(29)19(16-26)13-18-8-9-22(23(14-18)31-3)33-11-5-10-32-21-7-4-6-20(15-21)30-2/h4,6-9,12-15H,5,10-11H2,1-3H3,(H,27,28,29)/b19-13-. The Balaban J connectivity index is 1.56. The Morgan fingerprint density at radius 1 is 1.06 bits per heavy atom. The monoisotopic (exact) mass is 463 g/mol. The van der Waals surface area contributed by atoms with Gasteiger partial charge >= 0.3 is 0 Å². The average molecular weight is 463 g/mol. The van der Waals surface area contributed by atoms with Gasteiger partial charge in [0.05, 0.1) is 27.4 Å². The Kier molecular flexibility index (Phi) is 8.52. The Hall–Kier alpha value is -4.45. The minimum Gasteiger partial charge on any atom is -0.497 e. The van der Waals surface area contributed by atoms with Gasteiger partial charge in [0.1, 0.15) is 28.9 Å². The van der Waals surface area contributed by atoms with Crippen LogP contribution in [0.1, 0.15) is 17.7 Å². The number of hydrogen-bond donors (Lipinski definition) is 1. The summed E-state index contributed by atoms with van der Waals surface area (Å²) in [4.78, 5) is 12.4. The summed E-state index contributed by atoms with van der Waals surface area (Å²) < 4.78 is 27.0. The molecule has 1 heterocycles. The van der Waals surface area contributed by atoms with Crippen LogP contribution in [-0.2, 0) is 4.79 Å². The quantitative estimate of drug-likeness (QED) is 0.253. The van der Waals surface area contributed by atoms with Crippen molar-refractivity contribution in [3.63, 3.8) is 0 Å². The van der Waals surface area contributed by atoms with Crippen molar-refractivity contribution >= 4 is 17.8 Å².